The largest absolute Gasteiger partial charge is 0.370 e. The van der Waals surface area contributed by atoms with Gasteiger partial charge in [-0.05, 0) is 44.9 Å². The van der Waals surface area contributed by atoms with Gasteiger partial charge in [-0.1, -0.05) is 5.16 Å². The summed E-state index contributed by atoms with van der Waals surface area (Å²) in [4.78, 5) is 4.48. The van der Waals surface area contributed by atoms with E-state index in [-0.39, 0.29) is 5.60 Å². The quantitative estimate of drug-likeness (QED) is 0.862. The number of hydrogen-bond acceptors (Lipinski definition) is 5. The highest BCUT2D eigenvalue weighted by Gasteiger charge is 2.47. The fourth-order valence-corrected chi connectivity index (χ4v) is 2.50. The summed E-state index contributed by atoms with van der Waals surface area (Å²) in [5, 5.41) is 4.07. The normalized spacial score (nSPS) is 26.3. The minimum atomic E-state index is -0.482. The van der Waals surface area contributed by atoms with Gasteiger partial charge in [-0.15, -0.1) is 0 Å². The molecule has 2 N–H and O–H groups in total. The number of methoxy groups -OCH3 is 1. The van der Waals surface area contributed by atoms with Crippen LogP contribution in [0.15, 0.2) is 4.52 Å². The molecule has 0 aliphatic heterocycles. The lowest BCUT2D eigenvalue weighted by molar-refractivity contribution is -0.0858. The minimum Gasteiger partial charge on any atom is -0.370 e. The van der Waals surface area contributed by atoms with E-state index in [4.69, 9.17) is 15.0 Å². The summed E-state index contributed by atoms with van der Waals surface area (Å²) in [6.45, 7) is 1.97. The molecule has 0 saturated heterocycles. The van der Waals surface area contributed by atoms with Gasteiger partial charge in [-0.25, -0.2) is 0 Å². The van der Waals surface area contributed by atoms with E-state index in [0.29, 0.717) is 17.6 Å². The second-order valence-corrected chi connectivity index (χ2v) is 5.53. The number of ether oxygens (including phenoxy) is 1. The molecular formula is C12H19N3O2. The van der Waals surface area contributed by atoms with Gasteiger partial charge in [0.1, 0.15) is 5.60 Å². The van der Waals surface area contributed by atoms with Crippen LogP contribution < -0.4 is 5.73 Å². The van der Waals surface area contributed by atoms with Crippen LogP contribution in [0.1, 0.15) is 50.7 Å². The van der Waals surface area contributed by atoms with E-state index in [1.807, 2.05) is 6.92 Å². The van der Waals surface area contributed by atoms with Gasteiger partial charge < -0.3 is 15.0 Å². The van der Waals surface area contributed by atoms with Gasteiger partial charge in [0.25, 0.3) is 0 Å². The molecule has 1 aromatic rings. The van der Waals surface area contributed by atoms with E-state index in [2.05, 4.69) is 10.1 Å². The van der Waals surface area contributed by atoms with Crippen LogP contribution in [0.3, 0.4) is 0 Å². The van der Waals surface area contributed by atoms with E-state index in [0.717, 1.165) is 32.1 Å². The van der Waals surface area contributed by atoms with Gasteiger partial charge in [0.15, 0.2) is 0 Å². The Balaban J connectivity index is 1.87. The predicted molar refractivity (Wildman–Crippen MR) is 61.1 cm³/mol. The predicted octanol–water partition coefficient (Wildman–Crippen LogP) is 1.68. The smallest absolute Gasteiger partial charge is 0.246 e. The van der Waals surface area contributed by atoms with Gasteiger partial charge in [0.2, 0.25) is 11.7 Å². The maximum atomic E-state index is 6.26. The summed E-state index contributed by atoms with van der Waals surface area (Å²) >= 11 is 0. The van der Waals surface area contributed by atoms with E-state index in [1.165, 1.54) is 0 Å². The van der Waals surface area contributed by atoms with Crippen LogP contribution in [0.25, 0.3) is 0 Å². The molecule has 1 atom stereocenters. The van der Waals surface area contributed by atoms with E-state index < -0.39 is 5.54 Å². The van der Waals surface area contributed by atoms with Gasteiger partial charge in [-0.2, -0.15) is 4.98 Å². The molecule has 0 spiro atoms. The first-order valence-electron chi connectivity index (χ1n) is 6.27. The first-order valence-corrected chi connectivity index (χ1v) is 6.27. The lowest BCUT2D eigenvalue weighted by Crippen LogP contribution is -2.38. The Hall–Kier alpha value is -0.940. The molecule has 5 nitrogen and oxygen atoms in total. The molecular weight excluding hydrogens is 218 g/mol. The zero-order valence-corrected chi connectivity index (χ0v) is 10.4. The van der Waals surface area contributed by atoms with Crippen LogP contribution in [-0.2, 0) is 15.9 Å². The monoisotopic (exact) mass is 237 g/mol. The number of nitrogens with zero attached hydrogens (tertiary/aromatic N) is 2. The third-order valence-corrected chi connectivity index (χ3v) is 4.27. The topological polar surface area (TPSA) is 74.2 Å². The minimum absolute atomic E-state index is 0.318. The molecule has 0 radical (unpaired) electrons. The van der Waals surface area contributed by atoms with E-state index in [9.17, 15) is 0 Å². The van der Waals surface area contributed by atoms with Crippen LogP contribution in [0.2, 0.25) is 0 Å². The van der Waals surface area contributed by atoms with Crippen molar-refractivity contribution >= 4 is 0 Å². The molecule has 0 amide bonds. The van der Waals surface area contributed by atoms with E-state index in [1.54, 1.807) is 7.11 Å². The molecule has 1 aromatic heterocycles. The van der Waals surface area contributed by atoms with Crippen molar-refractivity contribution < 1.29 is 9.26 Å². The highest BCUT2D eigenvalue weighted by molar-refractivity contribution is 5.12. The molecule has 1 heterocycles. The van der Waals surface area contributed by atoms with Gasteiger partial charge in [0.05, 0.1) is 5.54 Å². The van der Waals surface area contributed by atoms with E-state index >= 15 is 0 Å². The van der Waals surface area contributed by atoms with Gasteiger partial charge in [0, 0.05) is 7.11 Å². The standard InChI is InChI=1S/C12H19N3O2/c1-11(13,8-4-5-8)10-14-9(15-17-10)12(16-2)6-3-7-12/h8H,3-7,13H2,1-2H3. The van der Waals surface area contributed by atoms with Crippen molar-refractivity contribution in [3.63, 3.8) is 0 Å². The summed E-state index contributed by atoms with van der Waals surface area (Å²) in [5.41, 5.74) is 5.46. The second-order valence-electron chi connectivity index (χ2n) is 5.53. The highest BCUT2D eigenvalue weighted by Crippen LogP contribution is 2.46. The van der Waals surface area contributed by atoms with Crippen molar-refractivity contribution in [3.05, 3.63) is 11.7 Å². The number of aromatic nitrogens is 2. The SMILES string of the molecule is COC1(c2noc(C(C)(N)C3CC3)n2)CCC1. The maximum absolute atomic E-state index is 6.26. The Labute approximate surface area is 101 Å². The second kappa shape index (κ2) is 3.53. The van der Waals surface area contributed by atoms with Crippen molar-refractivity contribution in [2.24, 2.45) is 11.7 Å². The van der Waals surface area contributed by atoms with Crippen molar-refractivity contribution in [2.75, 3.05) is 7.11 Å². The highest BCUT2D eigenvalue weighted by atomic mass is 16.5. The molecule has 17 heavy (non-hydrogen) atoms. The molecule has 94 valence electrons. The Morgan fingerprint density at radius 1 is 1.47 bits per heavy atom. The fraction of sp³-hybridized carbons (Fsp3) is 0.833. The lowest BCUT2D eigenvalue weighted by Gasteiger charge is -2.37. The van der Waals surface area contributed by atoms with Crippen LogP contribution in [-0.4, -0.2) is 17.3 Å². The average molecular weight is 237 g/mol. The number of nitrogens with two attached hydrogens (primary N) is 1. The summed E-state index contributed by atoms with van der Waals surface area (Å²) in [5.74, 6) is 1.70. The molecule has 2 fully saturated rings. The molecule has 5 heteroatoms. The van der Waals surface area contributed by atoms with Crippen molar-refractivity contribution in [3.8, 4) is 0 Å². The average Bonchev–Trinajstić information content (AvgIpc) is 2.98. The molecule has 1 unspecified atom stereocenters. The Morgan fingerprint density at radius 2 is 2.18 bits per heavy atom. The summed E-state index contributed by atoms with van der Waals surface area (Å²) in [6.07, 6.45) is 5.39. The van der Waals surface area contributed by atoms with Crippen LogP contribution in [0.5, 0.6) is 0 Å². The van der Waals surface area contributed by atoms with Gasteiger partial charge in [-0.3, -0.25) is 0 Å². The summed E-state index contributed by atoms with van der Waals surface area (Å²) in [6, 6.07) is 0. The zero-order chi connectivity index (χ0) is 12.1. The van der Waals surface area contributed by atoms with Crippen molar-refractivity contribution in [1.29, 1.82) is 0 Å². The first-order chi connectivity index (χ1) is 8.08. The zero-order valence-electron chi connectivity index (χ0n) is 10.4. The van der Waals surface area contributed by atoms with Crippen LogP contribution in [0, 0.1) is 5.92 Å². The Kier molecular flexibility index (Phi) is 2.32. The van der Waals surface area contributed by atoms with Crippen molar-refractivity contribution in [2.45, 2.75) is 50.2 Å². The Bertz CT molecular complexity index is 397. The van der Waals surface area contributed by atoms with Crippen LogP contribution >= 0.6 is 0 Å². The molecule has 0 bridgehead atoms. The maximum Gasteiger partial charge on any atom is 0.246 e. The molecule has 2 saturated carbocycles. The molecule has 2 aliphatic carbocycles. The molecule has 3 rings (SSSR count). The third-order valence-electron chi connectivity index (χ3n) is 4.27. The third kappa shape index (κ3) is 1.60. The molecule has 2 aliphatic rings. The van der Waals surface area contributed by atoms with Crippen molar-refractivity contribution in [1.82, 2.24) is 10.1 Å². The fourth-order valence-electron chi connectivity index (χ4n) is 2.50. The lowest BCUT2D eigenvalue weighted by atomic mass is 9.79. The first kappa shape index (κ1) is 11.2. The summed E-state index contributed by atoms with van der Waals surface area (Å²) in [7, 11) is 1.71. The van der Waals surface area contributed by atoms with Crippen LogP contribution in [0.4, 0.5) is 0 Å². The summed E-state index contributed by atoms with van der Waals surface area (Å²) < 4.78 is 10.9. The Morgan fingerprint density at radius 3 is 2.65 bits per heavy atom. The number of rotatable bonds is 4. The van der Waals surface area contributed by atoms with Gasteiger partial charge >= 0.3 is 0 Å². The molecule has 0 aromatic carbocycles. The number of hydrogen-bond donors (Lipinski definition) is 1.